The van der Waals surface area contributed by atoms with Crippen LogP contribution in [0.2, 0.25) is 0 Å². The number of hydrogen-bond donors (Lipinski definition) is 0. The molecule has 1 aliphatic heterocycles. The Labute approximate surface area is 148 Å². The smallest absolute Gasteiger partial charge is 0.306 e. The van der Waals surface area contributed by atoms with E-state index in [4.69, 9.17) is 14.2 Å². The van der Waals surface area contributed by atoms with Crippen molar-refractivity contribution in [1.29, 1.82) is 0 Å². The van der Waals surface area contributed by atoms with Crippen molar-refractivity contribution in [3.8, 4) is 0 Å². The van der Waals surface area contributed by atoms with E-state index in [0.717, 1.165) is 17.5 Å². The molecule has 2 aromatic carbocycles. The second-order valence-corrected chi connectivity index (χ2v) is 6.31. The molecule has 2 atom stereocenters. The number of cyclic esters (lactones) is 1. The molecule has 2 aromatic rings. The van der Waals surface area contributed by atoms with Gasteiger partial charge in [-0.25, -0.2) is 0 Å². The molecule has 1 saturated heterocycles. The first-order valence-corrected chi connectivity index (χ1v) is 8.76. The predicted molar refractivity (Wildman–Crippen MR) is 94.8 cm³/mol. The fourth-order valence-electron chi connectivity index (χ4n) is 2.90. The van der Waals surface area contributed by atoms with Crippen LogP contribution in [0.1, 0.15) is 30.4 Å². The molecule has 1 aliphatic rings. The summed E-state index contributed by atoms with van der Waals surface area (Å²) in [5.41, 5.74) is 2.26. The summed E-state index contributed by atoms with van der Waals surface area (Å²) in [7, 11) is 0. The van der Waals surface area contributed by atoms with Crippen LogP contribution in [0.3, 0.4) is 0 Å². The van der Waals surface area contributed by atoms with Crippen LogP contribution in [0.25, 0.3) is 0 Å². The van der Waals surface area contributed by atoms with Crippen molar-refractivity contribution in [2.24, 2.45) is 0 Å². The van der Waals surface area contributed by atoms with Crippen molar-refractivity contribution in [1.82, 2.24) is 0 Å². The Morgan fingerprint density at radius 3 is 2.20 bits per heavy atom. The Morgan fingerprint density at radius 1 is 0.960 bits per heavy atom. The molecule has 4 nitrogen and oxygen atoms in total. The second-order valence-electron chi connectivity index (χ2n) is 6.31. The van der Waals surface area contributed by atoms with E-state index in [-0.39, 0.29) is 18.2 Å². The monoisotopic (exact) mass is 340 g/mol. The van der Waals surface area contributed by atoms with Gasteiger partial charge in [-0.2, -0.15) is 0 Å². The second kappa shape index (κ2) is 9.35. The molecular formula is C21H24O4. The highest BCUT2D eigenvalue weighted by Gasteiger charge is 2.27. The van der Waals surface area contributed by atoms with Gasteiger partial charge in [0.1, 0.15) is 6.10 Å². The van der Waals surface area contributed by atoms with Gasteiger partial charge in [-0.05, 0) is 17.5 Å². The lowest BCUT2D eigenvalue weighted by atomic mass is 10.1. The van der Waals surface area contributed by atoms with Crippen LogP contribution in [-0.2, 0) is 32.2 Å². The molecule has 0 saturated carbocycles. The zero-order valence-corrected chi connectivity index (χ0v) is 14.3. The molecule has 0 aromatic heterocycles. The van der Waals surface area contributed by atoms with Crippen molar-refractivity contribution >= 4 is 5.97 Å². The third kappa shape index (κ3) is 6.00. The summed E-state index contributed by atoms with van der Waals surface area (Å²) in [6.45, 7) is 1.56. The van der Waals surface area contributed by atoms with Gasteiger partial charge in [0.2, 0.25) is 0 Å². The first-order chi connectivity index (χ1) is 12.3. The van der Waals surface area contributed by atoms with Gasteiger partial charge in [0.15, 0.2) is 0 Å². The first kappa shape index (κ1) is 17.6. The van der Waals surface area contributed by atoms with E-state index < -0.39 is 0 Å². The Hall–Kier alpha value is -2.17. The van der Waals surface area contributed by atoms with Gasteiger partial charge in [-0.1, -0.05) is 60.7 Å². The van der Waals surface area contributed by atoms with Gasteiger partial charge in [0.05, 0.1) is 25.9 Å². The molecule has 25 heavy (non-hydrogen) atoms. The minimum Gasteiger partial charge on any atom is -0.462 e. The van der Waals surface area contributed by atoms with Crippen LogP contribution < -0.4 is 0 Å². The normalized spacial score (nSPS) is 18.1. The quantitative estimate of drug-likeness (QED) is 0.650. The lowest BCUT2D eigenvalue weighted by molar-refractivity contribution is -0.143. The number of benzene rings is 2. The Bertz CT molecular complexity index is 641. The number of rotatable bonds is 9. The molecule has 132 valence electrons. The van der Waals surface area contributed by atoms with Crippen LogP contribution in [-0.4, -0.2) is 24.8 Å². The largest absolute Gasteiger partial charge is 0.462 e. The van der Waals surface area contributed by atoms with Gasteiger partial charge >= 0.3 is 5.97 Å². The van der Waals surface area contributed by atoms with Gasteiger partial charge in [-0.15, -0.1) is 0 Å². The zero-order valence-electron chi connectivity index (χ0n) is 14.3. The van der Waals surface area contributed by atoms with Crippen molar-refractivity contribution in [2.45, 2.75) is 44.7 Å². The maximum Gasteiger partial charge on any atom is 0.306 e. The summed E-state index contributed by atoms with van der Waals surface area (Å²) < 4.78 is 17.2. The predicted octanol–water partition coefficient (Wildman–Crippen LogP) is 3.88. The van der Waals surface area contributed by atoms with E-state index in [1.807, 2.05) is 60.7 Å². The van der Waals surface area contributed by atoms with E-state index >= 15 is 0 Å². The standard InChI is InChI=1S/C21H24O4/c22-21-12-11-19(25-21)13-20(24-15-18-9-5-2-6-10-18)16-23-14-17-7-3-1-4-8-17/h1-10,19-20H,11-16H2/t19-,20-/m1/s1. The number of hydrogen-bond acceptors (Lipinski definition) is 4. The fraction of sp³-hybridized carbons (Fsp3) is 0.381. The zero-order chi connectivity index (χ0) is 17.3. The van der Waals surface area contributed by atoms with Crippen molar-refractivity contribution in [3.05, 3.63) is 71.8 Å². The minimum atomic E-state index is -0.114. The van der Waals surface area contributed by atoms with Crippen LogP contribution in [0.5, 0.6) is 0 Å². The topological polar surface area (TPSA) is 44.8 Å². The van der Waals surface area contributed by atoms with Crippen LogP contribution >= 0.6 is 0 Å². The summed E-state index contributed by atoms with van der Waals surface area (Å²) in [6, 6.07) is 20.1. The molecule has 4 heteroatoms. The number of carbonyl (C=O) groups is 1. The lowest BCUT2D eigenvalue weighted by Gasteiger charge is -2.21. The van der Waals surface area contributed by atoms with E-state index in [9.17, 15) is 4.79 Å². The van der Waals surface area contributed by atoms with Crippen molar-refractivity contribution in [2.75, 3.05) is 6.61 Å². The van der Waals surface area contributed by atoms with Crippen molar-refractivity contribution < 1.29 is 19.0 Å². The van der Waals surface area contributed by atoms with E-state index in [0.29, 0.717) is 32.7 Å². The van der Waals surface area contributed by atoms with Gasteiger partial charge in [-0.3, -0.25) is 4.79 Å². The SMILES string of the molecule is O=C1CC[C@H](C[C@H](COCc2ccccc2)OCc2ccccc2)O1. The lowest BCUT2D eigenvalue weighted by Crippen LogP contribution is -2.25. The molecule has 0 bridgehead atoms. The molecule has 0 spiro atoms. The molecule has 0 amide bonds. The third-order valence-electron chi connectivity index (χ3n) is 4.24. The van der Waals surface area contributed by atoms with Crippen LogP contribution in [0.4, 0.5) is 0 Å². The fourth-order valence-corrected chi connectivity index (χ4v) is 2.90. The molecule has 3 rings (SSSR count). The molecular weight excluding hydrogens is 316 g/mol. The molecule has 0 aliphatic carbocycles. The Morgan fingerprint density at radius 2 is 1.60 bits per heavy atom. The molecule has 1 fully saturated rings. The van der Waals surface area contributed by atoms with Crippen molar-refractivity contribution in [3.63, 3.8) is 0 Å². The molecule has 0 radical (unpaired) electrons. The van der Waals surface area contributed by atoms with Gasteiger partial charge in [0.25, 0.3) is 0 Å². The number of esters is 1. The van der Waals surface area contributed by atoms with Gasteiger partial charge < -0.3 is 14.2 Å². The highest BCUT2D eigenvalue weighted by atomic mass is 16.6. The highest BCUT2D eigenvalue weighted by molar-refractivity contribution is 5.71. The average Bonchev–Trinajstić information content (AvgIpc) is 3.06. The van der Waals surface area contributed by atoms with Crippen LogP contribution in [0, 0.1) is 0 Å². The third-order valence-corrected chi connectivity index (χ3v) is 4.24. The number of ether oxygens (including phenoxy) is 3. The van der Waals surface area contributed by atoms with E-state index in [2.05, 4.69) is 0 Å². The Kier molecular flexibility index (Phi) is 6.60. The summed E-state index contributed by atoms with van der Waals surface area (Å²) in [5, 5.41) is 0. The average molecular weight is 340 g/mol. The Balaban J connectivity index is 1.50. The molecule has 0 N–H and O–H groups in total. The number of carbonyl (C=O) groups excluding carboxylic acids is 1. The summed E-state index contributed by atoms with van der Waals surface area (Å²) in [5.74, 6) is -0.114. The summed E-state index contributed by atoms with van der Waals surface area (Å²) >= 11 is 0. The summed E-state index contributed by atoms with van der Waals surface area (Å²) in [4.78, 5) is 11.3. The first-order valence-electron chi connectivity index (χ1n) is 8.76. The highest BCUT2D eigenvalue weighted by Crippen LogP contribution is 2.20. The molecule has 0 unspecified atom stereocenters. The summed E-state index contributed by atoms with van der Waals surface area (Å²) in [6.07, 6.45) is 1.78. The van der Waals surface area contributed by atoms with E-state index in [1.54, 1.807) is 0 Å². The molecule has 1 heterocycles. The maximum atomic E-state index is 11.3. The van der Waals surface area contributed by atoms with E-state index in [1.165, 1.54) is 0 Å². The van der Waals surface area contributed by atoms with Crippen LogP contribution in [0.15, 0.2) is 60.7 Å². The van der Waals surface area contributed by atoms with Gasteiger partial charge in [0, 0.05) is 12.8 Å². The minimum absolute atomic E-state index is 0.0615. The maximum absolute atomic E-state index is 11.3.